The van der Waals surface area contributed by atoms with Crippen molar-refractivity contribution in [1.82, 2.24) is 10.6 Å². The molecule has 3 nitrogen and oxygen atoms in total. The molecule has 3 heteroatoms. The molecule has 88 valence electrons. The van der Waals surface area contributed by atoms with E-state index in [-0.39, 0.29) is 5.91 Å². The maximum atomic E-state index is 11.3. The third-order valence-corrected chi connectivity index (χ3v) is 2.78. The molecule has 1 aliphatic rings. The fraction of sp³-hybridized carbons (Fsp3) is 0.917. The molecule has 0 unspecified atom stereocenters. The van der Waals surface area contributed by atoms with Crippen LogP contribution in [0.25, 0.3) is 0 Å². The minimum Gasteiger partial charge on any atom is -0.355 e. The Morgan fingerprint density at radius 1 is 1.27 bits per heavy atom. The molecule has 0 aromatic heterocycles. The number of nitrogens with one attached hydrogen (secondary N) is 2. The lowest BCUT2D eigenvalue weighted by molar-refractivity contribution is -0.120. The van der Waals surface area contributed by atoms with Crippen LogP contribution >= 0.6 is 0 Å². The molecule has 0 aromatic carbocycles. The summed E-state index contributed by atoms with van der Waals surface area (Å²) in [6.07, 6.45) is 7.61. The first-order chi connectivity index (χ1) is 7.33. The number of rotatable bonds is 9. The van der Waals surface area contributed by atoms with Gasteiger partial charge in [-0.2, -0.15) is 0 Å². The van der Waals surface area contributed by atoms with Crippen LogP contribution in [0.5, 0.6) is 0 Å². The smallest absolute Gasteiger partial charge is 0.233 e. The molecular formula is C12H24N2O. The van der Waals surface area contributed by atoms with Gasteiger partial charge < -0.3 is 10.6 Å². The van der Waals surface area contributed by atoms with Crippen LogP contribution in [-0.4, -0.2) is 25.5 Å². The van der Waals surface area contributed by atoms with Gasteiger partial charge in [-0.25, -0.2) is 0 Å². The summed E-state index contributed by atoms with van der Waals surface area (Å²) in [6, 6.07) is 0. The first kappa shape index (κ1) is 12.5. The second-order valence-electron chi connectivity index (χ2n) is 4.48. The van der Waals surface area contributed by atoms with Crippen molar-refractivity contribution in [3.8, 4) is 0 Å². The highest BCUT2D eigenvalue weighted by Crippen LogP contribution is 2.27. The molecule has 2 N–H and O–H groups in total. The van der Waals surface area contributed by atoms with Gasteiger partial charge in [-0.15, -0.1) is 0 Å². The molecule has 1 saturated carbocycles. The second kappa shape index (κ2) is 7.69. The number of hydrogen-bond acceptors (Lipinski definition) is 2. The Balaban J connectivity index is 1.79. The zero-order chi connectivity index (χ0) is 10.9. The molecule has 1 aliphatic carbocycles. The van der Waals surface area contributed by atoms with E-state index in [0.29, 0.717) is 6.54 Å². The highest BCUT2D eigenvalue weighted by molar-refractivity contribution is 5.77. The molecule has 0 radical (unpaired) electrons. The summed E-state index contributed by atoms with van der Waals surface area (Å²) in [7, 11) is 0. The molecule has 1 rings (SSSR count). The standard InChI is InChI=1S/C12H24N2O/c1-2-3-4-5-8-13-10-12(15)14-9-11-6-7-11/h11,13H,2-10H2,1H3,(H,14,15). The van der Waals surface area contributed by atoms with Crippen LogP contribution in [0.3, 0.4) is 0 Å². The number of carbonyl (C=O) groups is 1. The number of amides is 1. The van der Waals surface area contributed by atoms with Gasteiger partial charge >= 0.3 is 0 Å². The van der Waals surface area contributed by atoms with Crippen LogP contribution in [0.15, 0.2) is 0 Å². The maximum Gasteiger partial charge on any atom is 0.233 e. The zero-order valence-electron chi connectivity index (χ0n) is 9.85. The Morgan fingerprint density at radius 3 is 2.73 bits per heavy atom. The van der Waals surface area contributed by atoms with Gasteiger partial charge in [-0.05, 0) is 31.7 Å². The summed E-state index contributed by atoms with van der Waals surface area (Å²) in [5.74, 6) is 0.927. The van der Waals surface area contributed by atoms with E-state index < -0.39 is 0 Å². The van der Waals surface area contributed by atoms with E-state index in [1.165, 1.54) is 38.5 Å². The van der Waals surface area contributed by atoms with Gasteiger partial charge in [0.1, 0.15) is 0 Å². The van der Waals surface area contributed by atoms with Gasteiger partial charge in [0.05, 0.1) is 6.54 Å². The minimum absolute atomic E-state index is 0.150. The number of unbranched alkanes of at least 4 members (excludes halogenated alkanes) is 3. The Hall–Kier alpha value is -0.570. The van der Waals surface area contributed by atoms with Crippen LogP contribution in [-0.2, 0) is 4.79 Å². The van der Waals surface area contributed by atoms with E-state index in [9.17, 15) is 4.79 Å². The molecule has 1 fully saturated rings. The van der Waals surface area contributed by atoms with Gasteiger partial charge in [0.15, 0.2) is 0 Å². The third kappa shape index (κ3) is 7.37. The molecule has 0 spiro atoms. The van der Waals surface area contributed by atoms with Crippen LogP contribution in [0.1, 0.15) is 45.4 Å². The Bertz CT molecular complexity index is 178. The molecular weight excluding hydrogens is 188 g/mol. The average molecular weight is 212 g/mol. The third-order valence-electron chi connectivity index (χ3n) is 2.78. The van der Waals surface area contributed by atoms with E-state index >= 15 is 0 Å². The highest BCUT2D eigenvalue weighted by atomic mass is 16.1. The number of hydrogen-bond donors (Lipinski definition) is 2. The normalized spacial score (nSPS) is 15.3. The molecule has 15 heavy (non-hydrogen) atoms. The van der Waals surface area contributed by atoms with E-state index in [4.69, 9.17) is 0 Å². The van der Waals surface area contributed by atoms with Crippen LogP contribution in [0.4, 0.5) is 0 Å². The zero-order valence-corrected chi connectivity index (χ0v) is 9.85. The van der Waals surface area contributed by atoms with Crippen molar-refractivity contribution >= 4 is 5.91 Å². The molecule has 0 saturated heterocycles. The summed E-state index contributed by atoms with van der Waals surface area (Å²) < 4.78 is 0. The highest BCUT2D eigenvalue weighted by Gasteiger charge is 2.21. The van der Waals surface area contributed by atoms with Crippen molar-refractivity contribution in [1.29, 1.82) is 0 Å². The van der Waals surface area contributed by atoms with Crippen molar-refractivity contribution in [2.45, 2.75) is 45.4 Å². The van der Waals surface area contributed by atoms with E-state index in [0.717, 1.165) is 19.0 Å². The largest absolute Gasteiger partial charge is 0.355 e. The van der Waals surface area contributed by atoms with Crippen molar-refractivity contribution in [2.24, 2.45) is 5.92 Å². The quantitative estimate of drug-likeness (QED) is 0.571. The van der Waals surface area contributed by atoms with Crippen molar-refractivity contribution in [3.63, 3.8) is 0 Å². The molecule has 0 atom stereocenters. The lowest BCUT2D eigenvalue weighted by atomic mass is 10.2. The molecule has 1 amide bonds. The summed E-state index contributed by atoms with van der Waals surface area (Å²) in [4.78, 5) is 11.3. The fourth-order valence-corrected chi connectivity index (χ4v) is 1.52. The summed E-state index contributed by atoms with van der Waals surface area (Å²) >= 11 is 0. The summed E-state index contributed by atoms with van der Waals surface area (Å²) in [5, 5.41) is 6.12. The Labute approximate surface area is 93.0 Å². The Kier molecular flexibility index (Phi) is 6.41. The lowest BCUT2D eigenvalue weighted by Gasteiger charge is -2.05. The molecule has 0 bridgehead atoms. The van der Waals surface area contributed by atoms with Gasteiger partial charge in [-0.1, -0.05) is 26.2 Å². The first-order valence-corrected chi connectivity index (χ1v) is 6.30. The maximum absolute atomic E-state index is 11.3. The molecule has 0 aromatic rings. The SMILES string of the molecule is CCCCCCNCC(=O)NCC1CC1. The van der Waals surface area contributed by atoms with Crippen LogP contribution in [0.2, 0.25) is 0 Å². The van der Waals surface area contributed by atoms with E-state index in [1.807, 2.05) is 0 Å². The summed E-state index contributed by atoms with van der Waals surface area (Å²) in [6.45, 7) is 4.55. The van der Waals surface area contributed by atoms with Gasteiger partial charge in [0, 0.05) is 6.54 Å². The predicted molar refractivity (Wildman–Crippen MR) is 62.7 cm³/mol. The monoisotopic (exact) mass is 212 g/mol. The van der Waals surface area contributed by atoms with E-state index in [2.05, 4.69) is 17.6 Å². The molecule has 0 aliphatic heterocycles. The van der Waals surface area contributed by atoms with Gasteiger partial charge in [0.25, 0.3) is 0 Å². The fourth-order valence-electron chi connectivity index (χ4n) is 1.52. The number of carbonyl (C=O) groups excluding carboxylic acids is 1. The second-order valence-corrected chi connectivity index (χ2v) is 4.48. The van der Waals surface area contributed by atoms with Gasteiger partial charge in [-0.3, -0.25) is 4.79 Å². The van der Waals surface area contributed by atoms with Gasteiger partial charge in [0.2, 0.25) is 5.91 Å². The first-order valence-electron chi connectivity index (χ1n) is 6.30. The molecule has 0 heterocycles. The van der Waals surface area contributed by atoms with Crippen LogP contribution in [0, 0.1) is 5.92 Å². The average Bonchev–Trinajstić information content (AvgIpc) is 3.04. The van der Waals surface area contributed by atoms with Crippen LogP contribution < -0.4 is 10.6 Å². The van der Waals surface area contributed by atoms with E-state index in [1.54, 1.807) is 0 Å². The summed E-state index contributed by atoms with van der Waals surface area (Å²) in [5.41, 5.74) is 0. The van der Waals surface area contributed by atoms with Crippen molar-refractivity contribution < 1.29 is 4.79 Å². The lowest BCUT2D eigenvalue weighted by Crippen LogP contribution is -2.35. The van der Waals surface area contributed by atoms with Crippen molar-refractivity contribution in [3.05, 3.63) is 0 Å². The predicted octanol–water partition coefficient (Wildman–Crippen LogP) is 1.68. The topological polar surface area (TPSA) is 41.1 Å². The van der Waals surface area contributed by atoms with Crippen molar-refractivity contribution in [2.75, 3.05) is 19.6 Å². The minimum atomic E-state index is 0.150. The Morgan fingerprint density at radius 2 is 2.07 bits per heavy atom.